The van der Waals surface area contributed by atoms with Crippen LogP contribution in [0.15, 0.2) is 23.8 Å². The van der Waals surface area contributed by atoms with E-state index in [-0.39, 0.29) is 5.41 Å². The van der Waals surface area contributed by atoms with Gasteiger partial charge in [0.25, 0.3) is 0 Å². The molecular weight excluding hydrogens is 196 g/mol. The summed E-state index contributed by atoms with van der Waals surface area (Å²) in [6.45, 7) is 10.7. The first-order valence-corrected chi connectivity index (χ1v) is 6.37. The number of carbonyl (C=O) groups excluding carboxylic acids is 1. The van der Waals surface area contributed by atoms with Gasteiger partial charge in [-0.2, -0.15) is 0 Å². The Morgan fingerprint density at radius 1 is 1.38 bits per heavy atom. The molecule has 0 aromatic heterocycles. The minimum Gasteiger partial charge on any atom is -0.295 e. The molecule has 88 valence electrons. The standard InChI is InChI=1S/C15H22O/c1-5-15(4)10(2)6-7-12-11(3)14(16)9-8-13(12)15/h5,10,13H,1,6-9H2,2-4H3/t10-,13+,15+/m1/s1. The van der Waals surface area contributed by atoms with Gasteiger partial charge in [0, 0.05) is 6.42 Å². The molecule has 1 saturated carbocycles. The van der Waals surface area contributed by atoms with Crippen LogP contribution in [0.4, 0.5) is 0 Å². The monoisotopic (exact) mass is 218 g/mol. The molecule has 1 nitrogen and oxygen atoms in total. The van der Waals surface area contributed by atoms with E-state index in [1.165, 1.54) is 12.0 Å². The lowest BCUT2D eigenvalue weighted by atomic mass is 9.56. The summed E-state index contributed by atoms with van der Waals surface area (Å²) in [7, 11) is 0. The summed E-state index contributed by atoms with van der Waals surface area (Å²) in [5, 5.41) is 0. The van der Waals surface area contributed by atoms with E-state index in [4.69, 9.17) is 0 Å². The number of hydrogen-bond acceptors (Lipinski definition) is 1. The van der Waals surface area contributed by atoms with Gasteiger partial charge < -0.3 is 0 Å². The topological polar surface area (TPSA) is 17.1 Å². The molecule has 2 rings (SSSR count). The highest BCUT2D eigenvalue weighted by atomic mass is 16.1. The minimum atomic E-state index is 0.190. The minimum absolute atomic E-state index is 0.190. The summed E-state index contributed by atoms with van der Waals surface area (Å²) in [4.78, 5) is 11.7. The fraction of sp³-hybridized carbons (Fsp3) is 0.667. The third kappa shape index (κ3) is 1.49. The van der Waals surface area contributed by atoms with Crippen LogP contribution in [0.1, 0.15) is 46.5 Å². The lowest BCUT2D eigenvalue weighted by molar-refractivity contribution is -0.116. The normalized spacial score (nSPS) is 39.6. The smallest absolute Gasteiger partial charge is 0.158 e. The molecule has 2 aliphatic carbocycles. The van der Waals surface area contributed by atoms with Crippen LogP contribution < -0.4 is 0 Å². The maximum atomic E-state index is 11.7. The SMILES string of the molecule is C=C[C@@]1(C)[C@H](C)CCC2=C(C)C(=O)CC[C@@H]21. The Balaban J connectivity index is 2.45. The highest BCUT2D eigenvalue weighted by Crippen LogP contribution is 2.52. The van der Waals surface area contributed by atoms with E-state index < -0.39 is 0 Å². The molecule has 16 heavy (non-hydrogen) atoms. The molecule has 1 fully saturated rings. The summed E-state index contributed by atoms with van der Waals surface area (Å²) >= 11 is 0. The molecule has 2 aliphatic rings. The van der Waals surface area contributed by atoms with Gasteiger partial charge >= 0.3 is 0 Å². The van der Waals surface area contributed by atoms with Crippen LogP contribution in [-0.2, 0) is 4.79 Å². The van der Waals surface area contributed by atoms with Crippen molar-refractivity contribution in [2.75, 3.05) is 0 Å². The van der Waals surface area contributed by atoms with Crippen molar-refractivity contribution in [3.63, 3.8) is 0 Å². The third-order valence-corrected chi connectivity index (χ3v) is 5.08. The largest absolute Gasteiger partial charge is 0.295 e. The van der Waals surface area contributed by atoms with Crippen LogP contribution in [0, 0.1) is 17.3 Å². The van der Waals surface area contributed by atoms with E-state index in [0.29, 0.717) is 17.6 Å². The van der Waals surface area contributed by atoms with Crippen molar-refractivity contribution in [1.29, 1.82) is 0 Å². The van der Waals surface area contributed by atoms with Crippen LogP contribution in [0.3, 0.4) is 0 Å². The second-order valence-electron chi connectivity index (χ2n) is 5.67. The highest BCUT2D eigenvalue weighted by Gasteiger charge is 2.44. The van der Waals surface area contributed by atoms with Crippen LogP contribution in [-0.4, -0.2) is 5.78 Å². The van der Waals surface area contributed by atoms with E-state index in [0.717, 1.165) is 24.8 Å². The molecule has 0 aromatic carbocycles. The van der Waals surface area contributed by atoms with Crippen LogP contribution in [0.25, 0.3) is 0 Å². The first-order valence-electron chi connectivity index (χ1n) is 6.37. The average molecular weight is 218 g/mol. The zero-order valence-electron chi connectivity index (χ0n) is 10.7. The Bertz CT molecular complexity index is 364. The number of carbonyl (C=O) groups is 1. The molecule has 0 heterocycles. The fourth-order valence-electron chi connectivity index (χ4n) is 3.50. The van der Waals surface area contributed by atoms with Crippen LogP contribution in [0.5, 0.6) is 0 Å². The van der Waals surface area contributed by atoms with Crippen molar-refractivity contribution in [1.82, 2.24) is 0 Å². The Labute approximate surface area is 98.6 Å². The van der Waals surface area contributed by atoms with Crippen molar-refractivity contribution < 1.29 is 4.79 Å². The van der Waals surface area contributed by atoms with Crippen molar-refractivity contribution in [3.05, 3.63) is 23.8 Å². The number of Topliss-reactive ketones (excluding diaryl/α,β-unsaturated/α-hetero) is 1. The maximum absolute atomic E-state index is 11.7. The molecule has 0 aromatic rings. The number of rotatable bonds is 1. The fourth-order valence-corrected chi connectivity index (χ4v) is 3.50. The molecule has 1 heteroatoms. The van der Waals surface area contributed by atoms with Crippen molar-refractivity contribution in [3.8, 4) is 0 Å². The Hall–Kier alpha value is -0.850. The molecule has 0 aliphatic heterocycles. The predicted octanol–water partition coefficient (Wildman–Crippen LogP) is 3.90. The zero-order chi connectivity index (χ0) is 11.9. The molecule has 0 amide bonds. The Morgan fingerprint density at radius 2 is 2.06 bits per heavy atom. The van der Waals surface area contributed by atoms with Gasteiger partial charge in [-0.3, -0.25) is 4.79 Å². The van der Waals surface area contributed by atoms with E-state index in [1.54, 1.807) is 0 Å². The van der Waals surface area contributed by atoms with Gasteiger partial charge in [-0.25, -0.2) is 0 Å². The predicted molar refractivity (Wildman–Crippen MR) is 67.1 cm³/mol. The van der Waals surface area contributed by atoms with E-state index >= 15 is 0 Å². The van der Waals surface area contributed by atoms with Crippen molar-refractivity contribution >= 4 is 5.78 Å². The summed E-state index contributed by atoms with van der Waals surface area (Å²) in [6.07, 6.45) is 6.20. The first-order chi connectivity index (χ1) is 7.50. The summed E-state index contributed by atoms with van der Waals surface area (Å²) in [5.74, 6) is 1.61. The maximum Gasteiger partial charge on any atom is 0.158 e. The molecule has 0 spiro atoms. The number of ketones is 1. The molecule has 0 N–H and O–H groups in total. The Kier molecular flexibility index (Phi) is 2.81. The number of fused-ring (bicyclic) bond motifs is 1. The average Bonchev–Trinajstić information content (AvgIpc) is 2.28. The number of allylic oxidation sites excluding steroid dienone is 3. The van der Waals surface area contributed by atoms with Gasteiger partial charge in [-0.15, -0.1) is 6.58 Å². The molecule has 3 atom stereocenters. The van der Waals surface area contributed by atoms with Gasteiger partial charge in [-0.05, 0) is 49.0 Å². The summed E-state index contributed by atoms with van der Waals surface area (Å²) < 4.78 is 0. The molecular formula is C15H22O. The van der Waals surface area contributed by atoms with E-state index in [2.05, 4.69) is 26.5 Å². The summed E-state index contributed by atoms with van der Waals surface area (Å²) in [5.41, 5.74) is 2.67. The van der Waals surface area contributed by atoms with E-state index in [1.807, 2.05) is 6.92 Å². The second kappa shape index (κ2) is 3.87. The molecule has 0 unspecified atom stereocenters. The summed E-state index contributed by atoms with van der Waals surface area (Å²) in [6, 6.07) is 0. The lowest BCUT2D eigenvalue weighted by Gasteiger charge is -2.48. The van der Waals surface area contributed by atoms with Crippen molar-refractivity contribution in [2.45, 2.75) is 46.5 Å². The van der Waals surface area contributed by atoms with Gasteiger partial charge in [0.15, 0.2) is 5.78 Å². The molecule has 0 bridgehead atoms. The third-order valence-electron chi connectivity index (χ3n) is 5.08. The van der Waals surface area contributed by atoms with Crippen LogP contribution in [0.2, 0.25) is 0 Å². The lowest BCUT2D eigenvalue weighted by Crippen LogP contribution is -2.40. The van der Waals surface area contributed by atoms with Gasteiger partial charge in [0.2, 0.25) is 0 Å². The highest BCUT2D eigenvalue weighted by molar-refractivity contribution is 5.96. The van der Waals surface area contributed by atoms with Gasteiger partial charge in [-0.1, -0.05) is 25.5 Å². The quantitative estimate of drug-likeness (QED) is 0.610. The zero-order valence-corrected chi connectivity index (χ0v) is 10.7. The number of hydrogen-bond donors (Lipinski definition) is 0. The molecule has 0 radical (unpaired) electrons. The van der Waals surface area contributed by atoms with Crippen LogP contribution >= 0.6 is 0 Å². The molecule has 0 saturated heterocycles. The van der Waals surface area contributed by atoms with Crippen molar-refractivity contribution in [2.24, 2.45) is 17.3 Å². The van der Waals surface area contributed by atoms with E-state index in [9.17, 15) is 4.79 Å². The first kappa shape index (κ1) is 11.6. The van der Waals surface area contributed by atoms with Gasteiger partial charge in [0.1, 0.15) is 0 Å². The van der Waals surface area contributed by atoms with Gasteiger partial charge in [0.05, 0.1) is 0 Å². The Morgan fingerprint density at radius 3 is 2.69 bits per heavy atom. The second-order valence-corrected chi connectivity index (χ2v) is 5.67.